The minimum atomic E-state index is -3.71. The lowest BCUT2D eigenvalue weighted by molar-refractivity contribution is -0.128. The van der Waals surface area contributed by atoms with Crippen LogP contribution < -0.4 is 5.32 Å². The van der Waals surface area contributed by atoms with Gasteiger partial charge >= 0.3 is 0 Å². The average Bonchev–Trinajstić information content (AvgIpc) is 2.67. The summed E-state index contributed by atoms with van der Waals surface area (Å²) in [6, 6.07) is 10.5. The maximum absolute atomic E-state index is 13.3. The van der Waals surface area contributed by atoms with Crippen LogP contribution in [0.15, 0.2) is 47.4 Å². The highest BCUT2D eigenvalue weighted by atomic mass is 35.5. The molecule has 0 spiro atoms. The summed E-state index contributed by atoms with van der Waals surface area (Å²) in [5, 5.41) is 3.23. The fourth-order valence-electron chi connectivity index (χ4n) is 3.27. The van der Waals surface area contributed by atoms with Gasteiger partial charge in [0.15, 0.2) is 0 Å². The van der Waals surface area contributed by atoms with Gasteiger partial charge in [0, 0.05) is 37.8 Å². The van der Waals surface area contributed by atoms with Crippen LogP contribution in [-0.4, -0.2) is 56.6 Å². The molecule has 7 nitrogen and oxygen atoms in total. The minimum Gasteiger partial charge on any atom is -0.352 e. The van der Waals surface area contributed by atoms with Crippen molar-refractivity contribution < 1.29 is 18.0 Å². The molecule has 0 aromatic heterocycles. The number of piperazine rings is 1. The molecule has 1 saturated heterocycles. The Labute approximate surface area is 175 Å². The van der Waals surface area contributed by atoms with Crippen LogP contribution in [0.3, 0.4) is 0 Å². The van der Waals surface area contributed by atoms with Crippen molar-refractivity contribution in [3.05, 3.63) is 64.2 Å². The first-order valence-corrected chi connectivity index (χ1v) is 10.8. The molecule has 1 unspecified atom stereocenters. The Morgan fingerprint density at radius 2 is 1.93 bits per heavy atom. The van der Waals surface area contributed by atoms with Crippen molar-refractivity contribution in [1.82, 2.24) is 14.5 Å². The quantitative estimate of drug-likeness (QED) is 0.797. The SMILES string of the molecule is Cc1ccc(C(=O)N2CCNC(=O)C2c2cccc(Cl)c2)cc1S(=O)(=O)N(C)C. The van der Waals surface area contributed by atoms with E-state index < -0.39 is 22.0 Å². The summed E-state index contributed by atoms with van der Waals surface area (Å²) in [6.45, 7) is 2.29. The van der Waals surface area contributed by atoms with Gasteiger partial charge in [0.05, 0.1) is 4.90 Å². The van der Waals surface area contributed by atoms with Gasteiger partial charge in [-0.2, -0.15) is 0 Å². The zero-order chi connectivity index (χ0) is 21.3. The number of halogens is 1. The van der Waals surface area contributed by atoms with Crippen LogP contribution >= 0.6 is 11.6 Å². The van der Waals surface area contributed by atoms with Crippen molar-refractivity contribution >= 4 is 33.4 Å². The van der Waals surface area contributed by atoms with E-state index in [1.807, 2.05) is 0 Å². The number of rotatable bonds is 4. The van der Waals surface area contributed by atoms with Gasteiger partial charge in [-0.1, -0.05) is 29.8 Å². The molecule has 0 radical (unpaired) electrons. The Hall–Kier alpha value is -2.42. The summed E-state index contributed by atoms with van der Waals surface area (Å²) in [7, 11) is -0.835. The average molecular weight is 436 g/mol. The first-order chi connectivity index (χ1) is 13.6. The molecular formula is C20H22ClN3O4S. The molecule has 1 fully saturated rings. The molecule has 1 aliphatic rings. The Morgan fingerprint density at radius 3 is 2.59 bits per heavy atom. The fraction of sp³-hybridized carbons (Fsp3) is 0.300. The highest BCUT2D eigenvalue weighted by molar-refractivity contribution is 7.89. The van der Waals surface area contributed by atoms with Gasteiger partial charge in [-0.3, -0.25) is 9.59 Å². The van der Waals surface area contributed by atoms with Gasteiger partial charge in [-0.15, -0.1) is 0 Å². The second-order valence-electron chi connectivity index (χ2n) is 7.01. The predicted octanol–water partition coefficient (Wildman–Crippen LogP) is 2.21. The molecule has 29 heavy (non-hydrogen) atoms. The molecule has 2 aromatic carbocycles. The summed E-state index contributed by atoms with van der Waals surface area (Å²) in [5.74, 6) is -0.722. The second kappa shape index (κ2) is 8.14. The number of amides is 2. The summed E-state index contributed by atoms with van der Waals surface area (Å²) in [6.07, 6.45) is 0. The van der Waals surface area contributed by atoms with Crippen molar-refractivity contribution in [3.63, 3.8) is 0 Å². The summed E-state index contributed by atoms with van der Waals surface area (Å²) in [4.78, 5) is 27.4. The zero-order valence-corrected chi connectivity index (χ0v) is 17.9. The van der Waals surface area contributed by atoms with Crippen LogP contribution in [0.25, 0.3) is 0 Å². The standard InChI is InChI=1S/C20H22ClN3O4S/c1-13-7-8-15(12-17(13)29(27,28)23(2)3)20(26)24-10-9-22-19(25)18(24)14-5-4-6-16(21)11-14/h4-8,11-12,18H,9-10H2,1-3H3,(H,22,25). The third kappa shape index (κ3) is 4.14. The Kier molecular flexibility index (Phi) is 5.97. The topological polar surface area (TPSA) is 86.8 Å². The minimum absolute atomic E-state index is 0.0640. The lowest BCUT2D eigenvalue weighted by Crippen LogP contribution is -2.52. The number of carbonyl (C=O) groups is 2. The molecule has 1 atom stereocenters. The van der Waals surface area contributed by atoms with E-state index in [1.54, 1.807) is 43.3 Å². The normalized spacial score (nSPS) is 17.3. The van der Waals surface area contributed by atoms with Crippen molar-refractivity contribution in [2.45, 2.75) is 17.9 Å². The van der Waals surface area contributed by atoms with Crippen LogP contribution in [0.4, 0.5) is 0 Å². The van der Waals surface area contributed by atoms with Gasteiger partial charge < -0.3 is 10.2 Å². The largest absolute Gasteiger partial charge is 0.352 e. The van der Waals surface area contributed by atoms with E-state index in [0.29, 0.717) is 29.2 Å². The maximum atomic E-state index is 13.3. The number of sulfonamides is 1. The predicted molar refractivity (Wildman–Crippen MR) is 110 cm³/mol. The molecule has 154 valence electrons. The highest BCUT2D eigenvalue weighted by Crippen LogP contribution is 2.28. The van der Waals surface area contributed by atoms with Gasteiger partial charge in [0.25, 0.3) is 5.91 Å². The third-order valence-electron chi connectivity index (χ3n) is 4.83. The Morgan fingerprint density at radius 1 is 1.21 bits per heavy atom. The summed E-state index contributed by atoms with van der Waals surface area (Å²) < 4.78 is 26.3. The summed E-state index contributed by atoms with van der Waals surface area (Å²) in [5.41, 5.74) is 1.34. The van der Waals surface area contributed by atoms with Crippen molar-refractivity contribution in [2.24, 2.45) is 0 Å². The number of hydrogen-bond acceptors (Lipinski definition) is 4. The number of nitrogens with zero attached hydrogens (tertiary/aromatic N) is 2. The van der Waals surface area contributed by atoms with Crippen molar-refractivity contribution in [3.8, 4) is 0 Å². The molecule has 9 heteroatoms. The Bertz CT molecular complexity index is 1070. The number of benzene rings is 2. The Balaban J connectivity index is 2.03. The van der Waals surface area contributed by atoms with Crippen LogP contribution in [0.1, 0.15) is 27.5 Å². The van der Waals surface area contributed by atoms with Gasteiger partial charge in [0.1, 0.15) is 6.04 Å². The zero-order valence-electron chi connectivity index (χ0n) is 16.3. The number of nitrogens with one attached hydrogen (secondary N) is 1. The first-order valence-electron chi connectivity index (χ1n) is 9.00. The molecule has 2 aromatic rings. The number of carbonyl (C=O) groups excluding carboxylic acids is 2. The molecule has 0 bridgehead atoms. The van der Waals surface area contributed by atoms with Crippen LogP contribution in [0.5, 0.6) is 0 Å². The molecule has 0 saturated carbocycles. The number of aryl methyl sites for hydroxylation is 1. The molecule has 1 aliphatic heterocycles. The molecule has 0 aliphatic carbocycles. The second-order valence-corrected chi connectivity index (χ2v) is 9.57. The lowest BCUT2D eigenvalue weighted by atomic mass is 10.0. The van der Waals surface area contributed by atoms with Gasteiger partial charge in [0.2, 0.25) is 15.9 Å². The molecule has 2 amide bonds. The number of hydrogen-bond donors (Lipinski definition) is 1. The monoisotopic (exact) mass is 435 g/mol. The van der Waals surface area contributed by atoms with E-state index in [-0.39, 0.29) is 16.4 Å². The van der Waals surface area contributed by atoms with E-state index in [9.17, 15) is 18.0 Å². The van der Waals surface area contributed by atoms with Crippen molar-refractivity contribution in [1.29, 1.82) is 0 Å². The van der Waals surface area contributed by atoms with E-state index >= 15 is 0 Å². The molecule has 3 rings (SSSR count). The fourth-order valence-corrected chi connectivity index (χ4v) is 4.61. The van der Waals surface area contributed by atoms with Gasteiger partial charge in [-0.05, 0) is 42.3 Å². The lowest BCUT2D eigenvalue weighted by Gasteiger charge is -2.35. The highest BCUT2D eigenvalue weighted by Gasteiger charge is 2.35. The van der Waals surface area contributed by atoms with E-state index in [2.05, 4.69) is 5.32 Å². The van der Waals surface area contributed by atoms with E-state index in [1.165, 1.54) is 25.1 Å². The van der Waals surface area contributed by atoms with Crippen LogP contribution in [0, 0.1) is 6.92 Å². The molecular weight excluding hydrogens is 414 g/mol. The van der Waals surface area contributed by atoms with Crippen LogP contribution in [-0.2, 0) is 14.8 Å². The molecule has 1 N–H and O–H groups in total. The van der Waals surface area contributed by atoms with Gasteiger partial charge in [-0.25, -0.2) is 12.7 Å². The summed E-state index contributed by atoms with van der Waals surface area (Å²) >= 11 is 6.07. The van der Waals surface area contributed by atoms with Crippen molar-refractivity contribution in [2.75, 3.05) is 27.2 Å². The van der Waals surface area contributed by atoms with E-state index in [0.717, 1.165) is 4.31 Å². The molecule has 1 heterocycles. The first kappa shape index (κ1) is 21.3. The third-order valence-corrected chi connectivity index (χ3v) is 7.02. The van der Waals surface area contributed by atoms with Crippen LogP contribution in [0.2, 0.25) is 5.02 Å². The smallest absolute Gasteiger partial charge is 0.254 e. The maximum Gasteiger partial charge on any atom is 0.254 e. The van der Waals surface area contributed by atoms with E-state index in [4.69, 9.17) is 11.6 Å².